The molecule has 0 fully saturated rings. The molecule has 2 aromatic rings. The predicted octanol–water partition coefficient (Wildman–Crippen LogP) is 3.03. The Morgan fingerprint density at radius 1 is 1.33 bits per heavy atom. The Morgan fingerprint density at radius 2 is 2.10 bits per heavy atom. The third-order valence-corrected chi connectivity index (χ3v) is 4.05. The van der Waals surface area contributed by atoms with Crippen LogP contribution < -0.4 is 10.6 Å². The van der Waals surface area contributed by atoms with Gasteiger partial charge in [0, 0.05) is 22.9 Å². The molecule has 2 N–H and O–H groups in total. The van der Waals surface area contributed by atoms with Crippen molar-refractivity contribution in [3.8, 4) is 0 Å². The summed E-state index contributed by atoms with van der Waals surface area (Å²) in [5.41, 5.74) is 0.976. The van der Waals surface area contributed by atoms with Crippen LogP contribution in [-0.2, 0) is 13.1 Å². The molecule has 0 radical (unpaired) electrons. The van der Waals surface area contributed by atoms with Crippen molar-refractivity contribution in [1.29, 1.82) is 0 Å². The van der Waals surface area contributed by atoms with E-state index in [0.29, 0.717) is 12.5 Å². The average Bonchev–Trinajstić information content (AvgIpc) is 3.08. The van der Waals surface area contributed by atoms with E-state index in [0.717, 1.165) is 24.0 Å². The summed E-state index contributed by atoms with van der Waals surface area (Å²) in [7, 11) is 1.76. The van der Waals surface area contributed by atoms with Crippen LogP contribution in [0.2, 0.25) is 0 Å². The maximum absolute atomic E-state index is 5.29. The van der Waals surface area contributed by atoms with Crippen molar-refractivity contribution < 1.29 is 4.52 Å². The van der Waals surface area contributed by atoms with Crippen molar-refractivity contribution in [2.24, 2.45) is 4.99 Å². The molecule has 0 aliphatic heterocycles. The fourth-order valence-electron chi connectivity index (χ4n) is 1.83. The Kier molecular flexibility index (Phi) is 5.38. The minimum Gasteiger partial charge on any atom is -0.359 e. The molecule has 2 aromatic heterocycles. The first kappa shape index (κ1) is 15.6. The van der Waals surface area contributed by atoms with Crippen molar-refractivity contribution in [3.63, 3.8) is 0 Å². The summed E-state index contributed by atoms with van der Waals surface area (Å²) in [6.45, 7) is 7.64. The molecule has 0 aliphatic carbocycles. The number of guanidine groups is 1. The summed E-state index contributed by atoms with van der Waals surface area (Å²) in [6, 6.07) is 6.24. The molecule has 0 spiro atoms. The largest absolute Gasteiger partial charge is 0.359 e. The van der Waals surface area contributed by atoms with Gasteiger partial charge >= 0.3 is 0 Å². The van der Waals surface area contributed by atoms with E-state index in [1.807, 2.05) is 6.07 Å². The van der Waals surface area contributed by atoms with Gasteiger partial charge < -0.3 is 15.2 Å². The number of hydrogen-bond donors (Lipinski definition) is 2. The van der Waals surface area contributed by atoms with Crippen molar-refractivity contribution >= 4 is 17.3 Å². The van der Waals surface area contributed by atoms with E-state index in [9.17, 15) is 0 Å². The van der Waals surface area contributed by atoms with Crippen LogP contribution in [0.15, 0.2) is 27.7 Å². The zero-order valence-electron chi connectivity index (χ0n) is 12.9. The van der Waals surface area contributed by atoms with Crippen LogP contribution in [0.3, 0.4) is 0 Å². The summed E-state index contributed by atoms with van der Waals surface area (Å²) in [4.78, 5) is 6.81. The molecular formula is C15H22N4OS. The molecule has 0 aliphatic rings. The number of aromatic nitrogens is 1. The lowest BCUT2D eigenvalue weighted by Gasteiger charge is -2.09. The number of rotatable bonds is 5. The second-order valence-electron chi connectivity index (χ2n) is 5.16. The molecule has 2 rings (SSSR count). The van der Waals surface area contributed by atoms with Gasteiger partial charge in [-0.05, 0) is 25.0 Å². The third-order valence-electron chi connectivity index (χ3n) is 3.05. The molecule has 6 heteroatoms. The van der Waals surface area contributed by atoms with Gasteiger partial charge in [-0.25, -0.2) is 0 Å². The van der Waals surface area contributed by atoms with Gasteiger partial charge in [-0.1, -0.05) is 19.0 Å². The average molecular weight is 306 g/mol. The molecule has 21 heavy (non-hydrogen) atoms. The summed E-state index contributed by atoms with van der Waals surface area (Å²) >= 11 is 1.79. The lowest BCUT2D eigenvalue weighted by Crippen LogP contribution is -2.36. The summed E-state index contributed by atoms with van der Waals surface area (Å²) in [6.07, 6.45) is 0. The van der Waals surface area contributed by atoms with Gasteiger partial charge in [0.05, 0.1) is 18.8 Å². The zero-order chi connectivity index (χ0) is 15.2. The molecule has 0 unspecified atom stereocenters. The first-order chi connectivity index (χ1) is 10.1. The lowest BCUT2D eigenvalue weighted by molar-refractivity contribution is 0.372. The number of nitrogens with one attached hydrogen (secondary N) is 2. The maximum atomic E-state index is 5.29. The highest BCUT2D eigenvalue weighted by atomic mass is 32.1. The molecular weight excluding hydrogens is 284 g/mol. The van der Waals surface area contributed by atoms with Gasteiger partial charge in [0.2, 0.25) is 0 Å². The Hall–Kier alpha value is -1.82. The zero-order valence-corrected chi connectivity index (χ0v) is 13.8. The van der Waals surface area contributed by atoms with E-state index in [2.05, 4.69) is 53.7 Å². The monoisotopic (exact) mass is 306 g/mol. The molecule has 0 bridgehead atoms. The first-order valence-electron chi connectivity index (χ1n) is 7.03. The SMILES string of the molecule is CN=C(NCc1cc(C(C)C)no1)NCc1ccc(C)s1. The van der Waals surface area contributed by atoms with E-state index < -0.39 is 0 Å². The number of hydrogen-bond acceptors (Lipinski definition) is 4. The van der Waals surface area contributed by atoms with E-state index >= 15 is 0 Å². The van der Waals surface area contributed by atoms with Gasteiger partial charge in [-0.15, -0.1) is 11.3 Å². The van der Waals surface area contributed by atoms with Crippen LogP contribution >= 0.6 is 11.3 Å². The Bertz CT molecular complexity index is 600. The van der Waals surface area contributed by atoms with E-state index in [-0.39, 0.29) is 0 Å². The van der Waals surface area contributed by atoms with Gasteiger partial charge in [-0.2, -0.15) is 0 Å². The van der Waals surface area contributed by atoms with Crippen LogP contribution in [-0.4, -0.2) is 18.2 Å². The van der Waals surface area contributed by atoms with Gasteiger partial charge in [0.25, 0.3) is 0 Å². The molecule has 5 nitrogen and oxygen atoms in total. The van der Waals surface area contributed by atoms with Crippen LogP contribution in [0.25, 0.3) is 0 Å². The Morgan fingerprint density at radius 3 is 2.67 bits per heavy atom. The molecule has 2 heterocycles. The number of nitrogens with zero attached hydrogens (tertiary/aromatic N) is 2. The second-order valence-corrected chi connectivity index (χ2v) is 6.54. The summed E-state index contributed by atoms with van der Waals surface area (Å²) in [5.74, 6) is 1.94. The quantitative estimate of drug-likeness (QED) is 0.658. The number of aryl methyl sites for hydroxylation is 1. The molecule has 0 amide bonds. The second kappa shape index (κ2) is 7.26. The fraction of sp³-hybridized carbons (Fsp3) is 0.467. The smallest absolute Gasteiger partial charge is 0.191 e. The third kappa shape index (κ3) is 4.60. The van der Waals surface area contributed by atoms with Crippen LogP contribution in [0.4, 0.5) is 0 Å². The summed E-state index contributed by atoms with van der Waals surface area (Å²) in [5, 5.41) is 10.6. The van der Waals surface area contributed by atoms with E-state index in [1.54, 1.807) is 18.4 Å². The molecule has 0 atom stereocenters. The van der Waals surface area contributed by atoms with Crippen LogP contribution in [0, 0.1) is 6.92 Å². The normalized spacial score (nSPS) is 12.0. The molecule has 0 saturated heterocycles. The highest BCUT2D eigenvalue weighted by molar-refractivity contribution is 7.11. The highest BCUT2D eigenvalue weighted by Crippen LogP contribution is 2.15. The van der Waals surface area contributed by atoms with Crippen molar-refractivity contribution in [2.75, 3.05) is 7.05 Å². The number of thiophene rings is 1. The fourth-order valence-corrected chi connectivity index (χ4v) is 2.66. The van der Waals surface area contributed by atoms with Crippen LogP contribution in [0.1, 0.15) is 41.0 Å². The predicted molar refractivity (Wildman–Crippen MR) is 86.7 cm³/mol. The van der Waals surface area contributed by atoms with Gasteiger partial charge in [-0.3, -0.25) is 4.99 Å². The maximum Gasteiger partial charge on any atom is 0.191 e. The standard InChI is InChI=1S/C15H22N4OS/c1-10(2)14-7-12(20-19-14)8-17-15(16-4)18-9-13-6-5-11(3)21-13/h5-7,10H,8-9H2,1-4H3,(H2,16,17,18). The van der Waals surface area contributed by atoms with Gasteiger partial charge in [0.1, 0.15) is 0 Å². The van der Waals surface area contributed by atoms with Crippen molar-refractivity contribution in [1.82, 2.24) is 15.8 Å². The van der Waals surface area contributed by atoms with E-state index in [4.69, 9.17) is 4.52 Å². The van der Waals surface area contributed by atoms with Crippen LogP contribution in [0.5, 0.6) is 0 Å². The van der Waals surface area contributed by atoms with Gasteiger partial charge in [0.15, 0.2) is 11.7 Å². The Labute approximate surface area is 129 Å². The highest BCUT2D eigenvalue weighted by Gasteiger charge is 2.08. The molecule has 0 saturated carbocycles. The topological polar surface area (TPSA) is 62.5 Å². The molecule has 114 valence electrons. The minimum atomic E-state index is 0.377. The Balaban J connectivity index is 1.82. The minimum absolute atomic E-state index is 0.377. The van der Waals surface area contributed by atoms with Crippen molar-refractivity contribution in [2.45, 2.75) is 39.8 Å². The van der Waals surface area contributed by atoms with Crippen molar-refractivity contribution in [3.05, 3.63) is 39.4 Å². The first-order valence-corrected chi connectivity index (χ1v) is 7.85. The number of aliphatic imine (C=N–C) groups is 1. The lowest BCUT2D eigenvalue weighted by atomic mass is 10.1. The molecule has 0 aromatic carbocycles. The summed E-state index contributed by atoms with van der Waals surface area (Å²) < 4.78 is 5.29. The van der Waals surface area contributed by atoms with E-state index in [1.165, 1.54) is 9.75 Å².